The topological polar surface area (TPSA) is 65.0 Å². The Morgan fingerprint density at radius 3 is 2.50 bits per heavy atom. The molecule has 1 aliphatic rings. The average Bonchev–Trinajstić information content (AvgIpc) is 2.42. The summed E-state index contributed by atoms with van der Waals surface area (Å²) in [7, 11) is -0.574. The molecule has 0 aromatic rings. The van der Waals surface area contributed by atoms with E-state index in [1.54, 1.807) is 6.08 Å². The first kappa shape index (κ1) is 19.5. The predicted molar refractivity (Wildman–Crippen MR) is 88.2 cm³/mol. The number of hydrogen-bond acceptors (Lipinski definition) is 5. The number of ether oxygens (including phenoxy) is 2. The van der Waals surface area contributed by atoms with Crippen molar-refractivity contribution in [2.45, 2.75) is 70.1 Å². The molecule has 3 atom stereocenters. The van der Waals surface area contributed by atoms with Gasteiger partial charge in [0.25, 0.3) is 0 Å². The fourth-order valence-corrected chi connectivity index (χ4v) is 4.39. The number of ketones is 1. The zero-order valence-corrected chi connectivity index (χ0v) is 15.8. The molecule has 128 valence electrons. The van der Waals surface area contributed by atoms with Crippen LogP contribution in [-0.4, -0.2) is 50.9 Å². The first-order chi connectivity index (χ1) is 9.99. The third kappa shape index (κ3) is 3.86. The van der Waals surface area contributed by atoms with Crippen LogP contribution in [0.25, 0.3) is 0 Å². The number of rotatable bonds is 7. The van der Waals surface area contributed by atoms with Crippen LogP contribution in [0.2, 0.25) is 18.1 Å². The molecule has 22 heavy (non-hydrogen) atoms. The summed E-state index contributed by atoms with van der Waals surface area (Å²) in [6.45, 7) is 12.3. The number of methoxy groups -OCH3 is 1. The average molecular weight is 330 g/mol. The molecule has 0 fully saturated rings. The van der Waals surface area contributed by atoms with Crippen molar-refractivity contribution in [1.82, 2.24) is 0 Å². The molecule has 6 heteroatoms. The molecule has 0 heterocycles. The maximum absolute atomic E-state index is 12.0. The third-order valence-electron chi connectivity index (χ3n) is 5.10. The van der Waals surface area contributed by atoms with Crippen LogP contribution in [0.3, 0.4) is 0 Å². The van der Waals surface area contributed by atoms with Crippen molar-refractivity contribution in [2.75, 3.05) is 13.9 Å². The van der Waals surface area contributed by atoms with E-state index >= 15 is 0 Å². The molecular weight excluding hydrogens is 300 g/mol. The first-order valence-corrected chi connectivity index (χ1v) is 10.6. The molecule has 0 saturated carbocycles. The van der Waals surface area contributed by atoms with Gasteiger partial charge >= 0.3 is 0 Å². The van der Waals surface area contributed by atoms with Crippen LogP contribution in [0.4, 0.5) is 0 Å². The molecule has 0 unspecified atom stereocenters. The highest BCUT2D eigenvalue weighted by Gasteiger charge is 2.50. The van der Waals surface area contributed by atoms with Gasteiger partial charge in [-0.2, -0.15) is 0 Å². The standard InChI is InChI=1S/C16H30O5Si/c1-8-15(2,3)22(6,7)21-12-9-10-13(17)16(4,18)14(12)20-11-19-5/h9-10,12,14,18H,8,11H2,1-7H3/t12-,14-,16-/m0/s1. The summed E-state index contributed by atoms with van der Waals surface area (Å²) in [5, 5.41) is 10.6. The van der Waals surface area contributed by atoms with Gasteiger partial charge in [0.2, 0.25) is 0 Å². The zero-order chi connectivity index (χ0) is 17.2. The van der Waals surface area contributed by atoms with Crippen molar-refractivity contribution < 1.29 is 23.8 Å². The second-order valence-electron chi connectivity index (χ2n) is 7.19. The minimum absolute atomic E-state index is 0.000944. The van der Waals surface area contributed by atoms with Gasteiger partial charge in [0.05, 0.1) is 6.10 Å². The Balaban J connectivity index is 3.04. The van der Waals surface area contributed by atoms with Crippen molar-refractivity contribution in [3.63, 3.8) is 0 Å². The van der Waals surface area contributed by atoms with Crippen molar-refractivity contribution in [2.24, 2.45) is 0 Å². The molecule has 1 rings (SSSR count). The van der Waals surface area contributed by atoms with Crippen LogP contribution < -0.4 is 0 Å². The number of hydrogen-bond donors (Lipinski definition) is 1. The molecule has 0 aliphatic heterocycles. The second-order valence-corrected chi connectivity index (χ2v) is 11.8. The lowest BCUT2D eigenvalue weighted by Crippen LogP contribution is -2.59. The maximum Gasteiger partial charge on any atom is 0.193 e. The predicted octanol–water partition coefficient (Wildman–Crippen LogP) is 2.65. The van der Waals surface area contributed by atoms with Gasteiger partial charge in [0.1, 0.15) is 12.9 Å². The van der Waals surface area contributed by atoms with Gasteiger partial charge in [-0.25, -0.2) is 0 Å². The number of carbonyl (C=O) groups is 1. The lowest BCUT2D eigenvalue weighted by molar-refractivity contribution is -0.182. The van der Waals surface area contributed by atoms with Gasteiger partial charge in [-0.15, -0.1) is 0 Å². The van der Waals surface area contributed by atoms with E-state index in [0.29, 0.717) is 0 Å². The van der Waals surface area contributed by atoms with Crippen molar-refractivity contribution >= 4 is 14.1 Å². The summed E-state index contributed by atoms with van der Waals surface area (Å²) in [5.41, 5.74) is -1.61. The Morgan fingerprint density at radius 2 is 2.00 bits per heavy atom. The van der Waals surface area contributed by atoms with E-state index in [1.165, 1.54) is 20.1 Å². The number of carbonyl (C=O) groups excluding carboxylic acids is 1. The van der Waals surface area contributed by atoms with Crippen LogP contribution in [-0.2, 0) is 18.7 Å². The van der Waals surface area contributed by atoms with Crippen LogP contribution in [0.5, 0.6) is 0 Å². The van der Waals surface area contributed by atoms with Crippen molar-refractivity contribution in [1.29, 1.82) is 0 Å². The van der Waals surface area contributed by atoms with E-state index in [2.05, 4.69) is 33.9 Å². The molecule has 0 saturated heterocycles. The maximum atomic E-state index is 12.0. The normalized spacial score (nSPS) is 29.9. The van der Waals surface area contributed by atoms with Gasteiger partial charge in [0, 0.05) is 7.11 Å². The summed E-state index contributed by atoms with van der Waals surface area (Å²) in [5.74, 6) is -0.373. The Morgan fingerprint density at radius 1 is 1.41 bits per heavy atom. The summed E-state index contributed by atoms with van der Waals surface area (Å²) in [6, 6.07) is 0. The lowest BCUT2D eigenvalue weighted by Gasteiger charge is -2.45. The summed E-state index contributed by atoms with van der Waals surface area (Å²) in [4.78, 5) is 12.0. The molecule has 0 bridgehead atoms. The fraction of sp³-hybridized carbons (Fsp3) is 0.812. The van der Waals surface area contributed by atoms with Crippen LogP contribution in [0, 0.1) is 0 Å². The van der Waals surface area contributed by atoms with Crippen molar-refractivity contribution in [3.05, 3.63) is 12.2 Å². The van der Waals surface area contributed by atoms with E-state index in [0.717, 1.165) is 6.42 Å². The van der Waals surface area contributed by atoms with Crippen LogP contribution >= 0.6 is 0 Å². The minimum atomic E-state index is -2.08. The highest BCUT2D eigenvalue weighted by atomic mass is 28.4. The first-order valence-electron chi connectivity index (χ1n) is 7.73. The highest BCUT2D eigenvalue weighted by molar-refractivity contribution is 6.74. The SMILES string of the molecule is CCC(C)(C)[Si](C)(C)O[C@H]1C=CC(=O)[C@](C)(O)[C@H]1OCOC. The van der Waals surface area contributed by atoms with Crippen LogP contribution in [0.15, 0.2) is 12.2 Å². The smallest absolute Gasteiger partial charge is 0.193 e. The molecule has 1 N–H and O–H groups in total. The van der Waals surface area contributed by atoms with E-state index in [4.69, 9.17) is 13.9 Å². The monoisotopic (exact) mass is 330 g/mol. The number of aliphatic hydroxyl groups is 1. The van der Waals surface area contributed by atoms with E-state index in [-0.39, 0.29) is 17.6 Å². The summed E-state index contributed by atoms with van der Waals surface area (Å²) in [6.07, 6.45) is 2.85. The van der Waals surface area contributed by atoms with Gasteiger partial charge in [-0.1, -0.05) is 33.3 Å². The lowest BCUT2D eigenvalue weighted by atomic mass is 9.85. The van der Waals surface area contributed by atoms with Gasteiger partial charge < -0.3 is 19.0 Å². The fourth-order valence-electron chi connectivity index (χ4n) is 2.34. The summed E-state index contributed by atoms with van der Waals surface area (Å²) >= 11 is 0. The van der Waals surface area contributed by atoms with E-state index < -0.39 is 26.1 Å². The summed E-state index contributed by atoms with van der Waals surface area (Å²) < 4.78 is 16.9. The van der Waals surface area contributed by atoms with Crippen molar-refractivity contribution in [3.8, 4) is 0 Å². The van der Waals surface area contributed by atoms with Crippen LogP contribution in [0.1, 0.15) is 34.1 Å². The van der Waals surface area contributed by atoms with Gasteiger partial charge in [-0.05, 0) is 31.1 Å². The molecule has 0 radical (unpaired) electrons. The van der Waals surface area contributed by atoms with Gasteiger partial charge in [0.15, 0.2) is 19.7 Å². The highest BCUT2D eigenvalue weighted by Crippen LogP contribution is 2.42. The van der Waals surface area contributed by atoms with E-state index in [9.17, 15) is 9.90 Å². The molecular formula is C16H30O5Si. The largest absolute Gasteiger partial charge is 0.408 e. The Labute approximate surface area is 134 Å². The molecule has 0 aromatic heterocycles. The molecule has 5 nitrogen and oxygen atoms in total. The molecule has 1 aliphatic carbocycles. The minimum Gasteiger partial charge on any atom is -0.408 e. The third-order valence-corrected chi connectivity index (χ3v) is 9.57. The quantitative estimate of drug-likeness (QED) is 0.574. The molecule has 0 spiro atoms. The Bertz CT molecular complexity index is 428. The van der Waals surface area contributed by atoms with Gasteiger partial charge in [-0.3, -0.25) is 4.79 Å². The van der Waals surface area contributed by atoms with E-state index in [1.807, 2.05) is 0 Å². The Hall–Kier alpha value is -0.533. The molecule has 0 amide bonds. The Kier molecular flexibility index (Phi) is 6.14. The second kappa shape index (κ2) is 6.92. The zero-order valence-electron chi connectivity index (χ0n) is 14.8. The molecule has 0 aromatic carbocycles.